The summed E-state index contributed by atoms with van der Waals surface area (Å²) in [5.41, 5.74) is 4.93. The van der Waals surface area contributed by atoms with Gasteiger partial charge in [0, 0.05) is 12.6 Å². The average molecular weight is 256 g/mol. The number of nitrogens with two attached hydrogens (primary N) is 1. The van der Waals surface area contributed by atoms with Crippen molar-refractivity contribution in [2.24, 2.45) is 5.84 Å². The van der Waals surface area contributed by atoms with E-state index < -0.39 is 0 Å². The minimum absolute atomic E-state index is 0.402. The van der Waals surface area contributed by atoms with E-state index in [4.69, 9.17) is 5.84 Å². The number of nitrogens with one attached hydrogen (secondary N) is 1. The Kier molecular flexibility index (Phi) is 4.36. The number of pyridine rings is 1. The molecule has 0 saturated heterocycles. The second kappa shape index (κ2) is 6.20. The van der Waals surface area contributed by atoms with Gasteiger partial charge in [0.1, 0.15) is 5.82 Å². The number of rotatable bonds is 5. The van der Waals surface area contributed by atoms with Crippen molar-refractivity contribution in [3.63, 3.8) is 0 Å². The molecular weight excluding hydrogens is 236 g/mol. The van der Waals surface area contributed by atoms with Gasteiger partial charge in [-0.1, -0.05) is 30.3 Å². The van der Waals surface area contributed by atoms with Crippen LogP contribution in [0.15, 0.2) is 48.7 Å². The van der Waals surface area contributed by atoms with Crippen molar-refractivity contribution < 1.29 is 0 Å². The van der Waals surface area contributed by atoms with E-state index in [2.05, 4.69) is 53.4 Å². The summed E-state index contributed by atoms with van der Waals surface area (Å²) in [7, 11) is 0. The van der Waals surface area contributed by atoms with Gasteiger partial charge in [-0.3, -0.25) is 0 Å². The first kappa shape index (κ1) is 13.4. The Bertz CT molecular complexity index is 493. The van der Waals surface area contributed by atoms with Crippen molar-refractivity contribution in [3.05, 3.63) is 54.2 Å². The van der Waals surface area contributed by atoms with Crippen LogP contribution in [0, 0.1) is 0 Å². The highest BCUT2D eigenvalue weighted by molar-refractivity contribution is 5.50. The second-order valence-electron chi connectivity index (χ2n) is 4.75. The molecule has 19 heavy (non-hydrogen) atoms. The highest BCUT2D eigenvalue weighted by Crippen LogP contribution is 2.20. The van der Waals surface area contributed by atoms with Gasteiger partial charge in [0.25, 0.3) is 0 Å². The minimum Gasteiger partial charge on any atom is -0.364 e. The molecule has 1 heterocycles. The van der Waals surface area contributed by atoms with Gasteiger partial charge in [-0.25, -0.2) is 10.8 Å². The number of hydrazine groups is 1. The van der Waals surface area contributed by atoms with Crippen molar-refractivity contribution in [2.45, 2.75) is 26.4 Å². The maximum absolute atomic E-state index is 5.33. The van der Waals surface area contributed by atoms with Crippen LogP contribution in [0.25, 0.3) is 0 Å². The van der Waals surface area contributed by atoms with E-state index in [0.29, 0.717) is 11.9 Å². The maximum atomic E-state index is 5.33. The summed E-state index contributed by atoms with van der Waals surface area (Å²) in [4.78, 5) is 6.57. The molecule has 0 aliphatic heterocycles. The van der Waals surface area contributed by atoms with Gasteiger partial charge in [-0.15, -0.1) is 0 Å². The van der Waals surface area contributed by atoms with Crippen LogP contribution in [0.5, 0.6) is 0 Å². The smallest absolute Gasteiger partial charge is 0.140 e. The fourth-order valence-corrected chi connectivity index (χ4v) is 1.99. The molecule has 1 aromatic heterocycles. The maximum Gasteiger partial charge on any atom is 0.140 e. The van der Waals surface area contributed by atoms with Crippen LogP contribution in [0.1, 0.15) is 19.4 Å². The highest BCUT2D eigenvalue weighted by Gasteiger charge is 2.11. The van der Waals surface area contributed by atoms with Gasteiger partial charge in [0.2, 0.25) is 0 Å². The zero-order chi connectivity index (χ0) is 13.7. The third-order valence-electron chi connectivity index (χ3n) is 3.05. The van der Waals surface area contributed by atoms with Crippen LogP contribution < -0.4 is 16.2 Å². The molecule has 3 N–H and O–H groups in total. The molecule has 4 nitrogen and oxygen atoms in total. The zero-order valence-electron chi connectivity index (χ0n) is 11.4. The normalized spacial score (nSPS) is 10.5. The summed E-state index contributed by atoms with van der Waals surface area (Å²) in [6, 6.07) is 14.8. The predicted molar refractivity (Wildman–Crippen MR) is 79.8 cm³/mol. The van der Waals surface area contributed by atoms with Crippen LogP contribution >= 0.6 is 0 Å². The standard InChI is InChI=1S/C15H20N4/c1-12(2)19(11-13-6-4-3-5-7-13)14-8-9-15(18-16)17-10-14/h3-10,12H,11,16H2,1-2H3,(H,17,18). The molecule has 1 aromatic carbocycles. The van der Waals surface area contributed by atoms with Crippen molar-refractivity contribution >= 4 is 11.5 Å². The van der Waals surface area contributed by atoms with Gasteiger partial charge in [0.15, 0.2) is 0 Å². The molecular formula is C15H20N4. The lowest BCUT2D eigenvalue weighted by atomic mass is 10.1. The first-order valence-corrected chi connectivity index (χ1v) is 6.44. The van der Waals surface area contributed by atoms with Crippen LogP contribution in [-0.4, -0.2) is 11.0 Å². The third-order valence-corrected chi connectivity index (χ3v) is 3.05. The molecule has 0 aliphatic rings. The van der Waals surface area contributed by atoms with E-state index in [1.165, 1.54) is 5.56 Å². The van der Waals surface area contributed by atoms with Gasteiger partial charge < -0.3 is 10.3 Å². The van der Waals surface area contributed by atoms with E-state index in [9.17, 15) is 0 Å². The largest absolute Gasteiger partial charge is 0.364 e. The number of nitrogens with zero attached hydrogens (tertiary/aromatic N) is 2. The summed E-state index contributed by atoms with van der Waals surface area (Å²) in [5, 5.41) is 0. The quantitative estimate of drug-likeness (QED) is 0.638. The Hall–Kier alpha value is -2.07. The van der Waals surface area contributed by atoms with Crippen molar-refractivity contribution in [1.29, 1.82) is 0 Å². The number of benzene rings is 1. The van der Waals surface area contributed by atoms with Gasteiger partial charge in [-0.05, 0) is 31.5 Å². The van der Waals surface area contributed by atoms with E-state index in [-0.39, 0.29) is 0 Å². The fraction of sp³-hybridized carbons (Fsp3) is 0.267. The number of anilines is 2. The zero-order valence-corrected chi connectivity index (χ0v) is 11.4. The van der Waals surface area contributed by atoms with Crippen molar-refractivity contribution in [3.8, 4) is 0 Å². The van der Waals surface area contributed by atoms with Gasteiger partial charge in [0.05, 0.1) is 11.9 Å². The lowest BCUT2D eigenvalue weighted by molar-refractivity contribution is 0.681. The Labute approximate surface area is 114 Å². The monoisotopic (exact) mass is 256 g/mol. The Morgan fingerprint density at radius 3 is 2.42 bits per heavy atom. The Balaban J connectivity index is 2.19. The molecule has 0 saturated carbocycles. The number of aromatic nitrogens is 1. The second-order valence-corrected chi connectivity index (χ2v) is 4.75. The van der Waals surface area contributed by atoms with Crippen LogP contribution in [0.4, 0.5) is 11.5 Å². The lowest BCUT2D eigenvalue weighted by Gasteiger charge is -2.29. The minimum atomic E-state index is 0.402. The van der Waals surface area contributed by atoms with Crippen molar-refractivity contribution in [2.75, 3.05) is 10.3 Å². The molecule has 0 aliphatic carbocycles. The van der Waals surface area contributed by atoms with Gasteiger partial charge in [-0.2, -0.15) is 0 Å². The van der Waals surface area contributed by atoms with E-state index in [0.717, 1.165) is 12.2 Å². The van der Waals surface area contributed by atoms with E-state index in [1.54, 1.807) is 0 Å². The highest BCUT2D eigenvalue weighted by atomic mass is 15.3. The van der Waals surface area contributed by atoms with Crippen LogP contribution in [0.2, 0.25) is 0 Å². The summed E-state index contributed by atoms with van der Waals surface area (Å²) < 4.78 is 0. The molecule has 0 radical (unpaired) electrons. The molecule has 0 spiro atoms. The lowest BCUT2D eigenvalue weighted by Crippen LogP contribution is -2.30. The molecule has 0 amide bonds. The molecule has 0 fully saturated rings. The molecule has 2 rings (SSSR count). The number of hydrogen-bond acceptors (Lipinski definition) is 4. The molecule has 0 bridgehead atoms. The number of hydrogen-bond donors (Lipinski definition) is 2. The average Bonchev–Trinajstić information content (AvgIpc) is 2.46. The summed E-state index contributed by atoms with van der Waals surface area (Å²) in [6.45, 7) is 5.23. The molecule has 0 atom stereocenters. The van der Waals surface area contributed by atoms with Crippen LogP contribution in [0.3, 0.4) is 0 Å². The molecule has 4 heteroatoms. The first-order valence-electron chi connectivity index (χ1n) is 6.44. The van der Waals surface area contributed by atoms with Crippen LogP contribution in [-0.2, 0) is 6.54 Å². The topological polar surface area (TPSA) is 54.2 Å². The fourth-order valence-electron chi connectivity index (χ4n) is 1.99. The first-order chi connectivity index (χ1) is 9.20. The summed E-state index contributed by atoms with van der Waals surface area (Å²) in [6.07, 6.45) is 1.85. The number of nitrogen functional groups attached to an aromatic ring is 1. The Morgan fingerprint density at radius 2 is 1.89 bits per heavy atom. The molecule has 2 aromatic rings. The van der Waals surface area contributed by atoms with E-state index >= 15 is 0 Å². The predicted octanol–water partition coefficient (Wildman–Crippen LogP) is 2.78. The SMILES string of the molecule is CC(C)N(Cc1ccccc1)c1ccc(NN)nc1. The molecule has 0 unspecified atom stereocenters. The van der Waals surface area contributed by atoms with E-state index in [1.807, 2.05) is 24.4 Å². The summed E-state index contributed by atoms with van der Waals surface area (Å²) in [5.74, 6) is 6.01. The Morgan fingerprint density at radius 1 is 1.16 bits per heavy atom. The summed E-state index contributed by atoms with van der Waals surface area (Å²) >= 11 is 0. The van der Waals surface area contributed by atoms with Gasteiger partial charge >= 0.3 is 0 Å². The molecule has 100 valence electrons. The van der Waals surface area contributed by atoms with Crippen molar-refractivity contribution in [1.82, 2.24) is 4.98 Å². The third kappa shape index (κ3) is 3.45.